The van der Waals surface area contributed by atoms with Gasteiger partial charge in [0, 0.05) is 18.5 Å². The fourth-order valence-electron chi connectivity index (χ4n) is 3.80. The minimum absolute atomic E-state index is 0.176. The molecule has 150 valence electrons. The Morgan fingerprint density at radius 3 is 2.55 bits per heavy atom. The maximum atomic E-state index is 12.8. The molecule has 1 unspecified atom stereocenters. The quantitative estimate of drug-likeness (QED) is 0.601. The van der Waals surface area contributed by atoms with Crippen LogP contribution in [0.15, 0.2) is 60.8 Å². The van der Waals surface area contributed by atoms with Gasteiger partial charge < -0.3 is 10.4 Å². The molecule has 1 aliphatic carbocycles. The van der Waals surface area contributed by atoms with Crippen molar-refractivity contribution in [3.8, 4) is 11.1 Å². The molecule has 1 aromatic heterocycles. The standard InChI is InChI=1S/C23H21F3N2O/c24-23(25,26)19-8-6-16(7-9-19)18-10-11-27-22(13-18)28-21-3-1-2-17-5-4-15(14-29)12-20(17)21/h1-3,6-11,13,15,29H,4-5,12,14H2,(H,27,28). The van der Waals surface area contributed by atoms with Crippen LogP contribution in [-0.4, -0.2) is 16.7 Å². The second-order valence-electron chi connectivity index (χ2n) is 7.36. The van der Waals surface area contributed by atoms with Crippen LogP contribution < -0.4 is 5.32 Å². The van der Waals surface area contributed by atoms with E-state index in [9.17, 15) is 18.3 Å². The summed E-state index contributed by atoms with van der Waals surface area (Å²) in [6.45, 7) is 0.176. The van der Waals surface area contributed by atoms with Gasteiger partial charge in [0.15, 0.2) is 0 Å². The zero-order valence-electron chi connectivity index (χ0n) is 15.7. The van der Waals surface area contributed by atoms with Crippen molar-refractivity contribution in [3.05, 3.63) is 77.5 Å². The number of benzene rings is 2. The number of aromatic nitrogens is 1. The topological polar surface area (TPSA) is 45.1 Å². The molecule has 0 aliphatic heterocycles. The summed E-state index contributed by atoms with van der Waals surface area (Å²) in [6, 6.07) is 14.8. The summed E-state index contributed by atoms with van der Waals surface area (Å²) in [7, 11) is 0. The number of fused-ring (bicyclic) bond motifs is 1. The van der Waals surface area contributed by atoms with Gasteiger partial charge in [-0.1, -0.05) is 24.3 Å². The molecule has 0 fully saturated rings. The lowest BCUT2D eigenvalue weighted by Crippen LogP contribution is -2.18. The number of anilines is 2. The molecular weight excluding hydrogens is 377 g/mol. The molecule has 0 radical (unpaired) electrons. The zero-order valence-corrected chi connectivity index (χ0v) is 15.7. The van der Waals surface area contributed by atoms with Gasteiger partial charge in [-0.2, -0.15) is 13.2 Å². The number of aryl methyl sites for hydroxylation is 1. The van der Waals surface area contributed by atoms with Crippen molar-refractivity contribution in [1.82, 2.24) is 4.98 Å². The molecule has 2 N–H and O–H groups in total. The van der Waals surface area contributed by atoms with Crippen LogP contribution in [0.2, 0.25) is 0 Å². The normalized spacial score (nSPS) is 16.3. The summed E-state index contributed by atoms with van der Waals surface area (Å²) >= 11 is 0. The lowest BCUT2D eigenvalue weighted by Gasteiger charge is -2.25. The van der Waals surface area contributed by atoms with Crippen LogP contribution in [0, 0.1) is 5.92 Å². The Labute approximate surface area is 167 Å². The molecule has 3 aromatic rings. The Kier molecular flexibility index (Phi) is 5.28. The van der Waals surface area contributed by atoms with Crippen LogP contribution in [0.4, 0.5) is 24.7 Å². The highest BCUT2D eigenvalue weighted by molar-refractivity contribution is 5.70. The first-order valence-corrected chi connectivity index (χ1v) is 9.56. The summed E-state index contributed by atoms with van der Waals surface area (Å²) in [4.78, 5) is 4.36. The van der Waals surface area contributed by atoms with Crippen molar-refractivity contribution < 1.29 is 18.3 Å². The second kappa shape index (κ2) is 7.87. The van der Waals surface area contributed by atoms with Crippen LogP contribution in [0.25, 0.3) is 11.1 Å². The molecule has 6 heteroatoms. The number of pyridine rings is 1. The van der Waals surface area contributed by atoms with Crippen molar-refractivity contribution >= 4 is 11.5 Å². The number of rotatable bonds is 4. The molecule has 1 heterocycles. The monoisotopic (exact) mass is 398 g/mol. The third-order valence-corrected chi connectivity index (χ3v) is 5.41. The highest BCUT2D eigenvalue weighted by Gasteiger charge is 2.30. The van der Waals surface area contributed by atoms with Crippen LogP contribution in [0.1, 0.15) is 23.1 Å². The van der Waals surface area contributed by atoms with Crippen molar-refractivity contribution in [2.24, 2.45) is 5.92 Å². The van der Waals surface area contributed by atoms with Crippen LogP contribution in [-0.2, 0) is 19.0 Å². The van der Waals surface area contributed by atoms with Gasteiger partial charge in [-0.3, -0.25) is 0 Å². The van der Waals surface area contributed by atoms with E-state index in [1.54, 1.807) is 12.3 Å². The van der Waals surface area contributed by atoms with Gasteiger partial charge in [-0.05, 0) is 77.8 Å². The molecule has 29 heavy (non-hydrogen) atoms. The van der Waals surface area contributed by atoms with E-state index in [4.69, 9.17) is 0 Å². The Morgan fingerprint density at radius 1 is 1.03 bits per heavy atom. The summed E-state index contributed by atoms with van der Waals surface area (Å²) in [5.41, 5.74) is 4.24. The van der Waals surface area contributed by atoms with E-state index >= 15 is 0 Å². The average molecular weight is 398 g/mol. The van der Waals surface area contributed by atoms with E-state index in [2.05, 4.69) is 16.4 Å². The lowest BCUT2D eigenvalue weighted by molar-refractivity contribution is -0.137. The number of nitrogens with zero attached hydrogens (tertiary/aromatic N) is 1. The summed E-state index contributed by atoms with van der Waals surface area (Å²) in [5.74, 6) is 0.888. The summed E-state index contributed by atoms with van der Waals surface area (Å²) < 4.78 is 38.4. The molecule has 0 saturated heterocycles. The van der Waals surface area contributed by atoms with Crippen LogP contribution in [0.3, 0.4) is 0 Å². The minimum Gasteiger partial charge on any atom is -0.396 e. The van der Waals surface area contributed by atoms with Gasteiger partial charge in [0.1, 0.15) is 5.82 Å². The van der Waals surface area contributed by atoms with Gasteiger partial charge in [0.2, 0.25) is 0 Å². The third-order valence-electron chi connectivity index (χ3n) is 5.41. The number of halogens is 3. The minimum atomic E-state index is -4.34. The summed E-state index contributed by atoms with van der Waals surface area (Å²) in [6.07, 6.45) is 0.0287. The van der Waals surface area contributed by atoms with Gasteiger partial charge in [0.05, 0.1) is 5.56 Å². The lowest BCUT2D eigenvalue weighted by atomic mass is 9.83. The largest absolute Gasteiger partial charge is 0.416 e. The first-order chi connectivity index (χ1) is 13.9. The Bertz CT molecular complexity index is 1000. The number of aliphatic hydroxyl groups is 1. The molecular formula is C23H21F3N2O. The van der Waals surface area contributed by atoms with Crippen LogP contribution >= 0.6 is 0 Å². The second-order valence-corrected chi connectivity index (χ2v) is 7.36. The van der Waals surface area contributed by atoms with E-state index in [1.807, 2.05) is 18.2 Å². The third kappa shape index (κ3) is 4.27. The van der Waals surface area contributed by atoms with Crippen LogP contribution in [0.5, 0.6) is 0 Å². The number of hydrogen-bond donors (Lipinski definition) is 2. The molecule has 0 saturated carbocycles. The molecule has 1 aliphatic rings. The van der Waals surface area contributed by atoms with Gasteiger partial charge in [-0.25, -0.2) is 4.98 Å². The zero-order chi connectivity index (χ0) is 20.4. The SMILES string of the molecule is OCC1CCc2cccc(Nc3cc(-c4ccc(C(F)(F)F)cc4)ccn3)c2C1. The van der Waals surface area contributed by atoms with E-state index < -0.39 is 11.7 Å². The number of aliphatic hydroxyl groups excluding tert-OH is 1. The van der Waals surface area contributed by atoms with E-state index in [-0.39, 0.29) is 12.5 Å². The first kappa shape index (κ1) is 19.5. The van der Waals surface area contributed by atoms with Crippen molar-refractivity contribution in [2.45, 2.75) is 25.4 Å². The molecule has 2 aromatic carbocycles. The van der Waals surface area contributed by atoms with Crippen molar-refractivity contribution in [1.29, 1.82) is 0 Å². The molecule has 0 amide bonds. The summed E-state index contributed by atoms with van der Waals surface area (Å²) in [5, 5.41) is 12.9. The number of alkyl halides is 3. The predicted octanol–water partition coefficient (Wildman–Crippen LogP) is 5.61. The maximum absolute atomic E-state index is 12.8. The Hall–Kier alpha value is -2.86. The van der Waals surface area contributed by atoms with Crippen molar-refractivity contribution in [3.63, 3.8) is 0 Å². The van der Waals surface area contributed by atoms with Crippen molar-refractivity contribution in [2.75, 3.05) is 11.9 Å². The highest BCUT2D eigenvalue weighted by atomic mass is 19.4. The average Bonchev–Trinajstić information content (AvgIpc) is 2.73. The fraction of sp³-hybridized carbons (Fsp3) is 0.261. The fourth-order valence-corrected chi connectivity index (χ4v) is 3.80. The maximum Gasteiger partial charge on any atom is 0.416 e. The number of hydrogen-bond acceptors (Lipinski definition) is 3. The van der Waals surface area contributed by atoms with Gasteiger partial charge in [0.25, 0.3) is 0 Å². The smallest absolute Gasteiger partial charge is 0.396 e. The van der Waals surface area contributed by atoms with Gasteiger partial charge >= 0.3 is 6.18 Å². The van der Waals surface area contributed by atoms with E-state index in [0.717, 1.165) is 42.6 Å². The Morgan fingerprint density at radius 2 is 1.83 bits per heavy atom. The molecule has 0 bridgehead atoms. The number of nitrogens with one attached hydrogen (secondary N) is 1. The predicted molar refractivity (Wildman–Crippen MR) is 107 cm³/mol. The highest BCUT2D eigenvalue weighted by Crippen LogP contribution is 2.34. The Balaban J connectivity index is 1.59. The molecule has 0 spiro atoms. The van der Waals surface area contributed by atoms with E-state index in [0.29, 0.717) is 11.4 Å². The van der Waals surface area contributed by atoms with E-state index in [1.165, 1.54) is 23.3 Å². The molecule has 1 atom stereocenters. The molecule has 3 nitrogen and oxygen atoms in total. The van der Waals surface area contributed by atoms with Gasteiger partial charge in [-0.15, -0.1) is 0 Å². The first-order valence-electron chi connectivity index (χ1n) is 9.56. The molecule has 4 rings (SSSR count).